The smallest absolute Gasteiger partial charge is 0.471 e. The van der Waals surface area contributed by atoms with Crippen molar-refractivity contribution >= 4 is 40.2 Å². The third-order valence-electron chi connectivity index (χ3n) is 3.21. The number of nitrogens with two attached hydrogens (primary N) is 2. The number of rotatable bonds is 6. The average molecular weight is 394 g/mol. The molecule has 4 N–H and O–H groups in total. The van der Waals surface area contributed by atoms with E-state index >= 15 is 0 Å². The molecule has 0 aliphatic rings. The Hall–Kier alpha value is -2.13. The Morgan fingerprint density at radius 1 is 1.32 bits per heavy atom. The van der Waals surface area contributed by atoms with Crippen LogP contribution in [-0.4, -0.2) is 30.1 Å². The molecule has 0 aliphatic heterocycles. The van der Waals surface area contributed by atoms with Crippen LogP contribution in [0.15, 0.2) is 29.6 Å². The average Bonchev–Trinajstić information content (AvgIpc) is 3.02. The lowest BCUT2D eigenvalue weighted by Crippen LogP contribution is -2.42. The molecule has 25 heavy (non-hydrogen) atoms. The maximum absolute atomic E-state index is 12.8. The Bertz CT molecular complexity index is 738. The standard InChI is InChI=1S/C15H15ClF3N3O2S/c16-9-6-11(20)13(21)12(7-9)24-4-3-22(14(23)15(17,18)19)8-10-2-1-5-25-10/h1-2,5-7H,3-4,8,20-21H2. The van der Waals surface area contributed by atoms with Crippen molar-refractivity contribution < 1.29 is 22.7 Å². The summed E-state index contributed by atoms with van der Waals surface area (Å²) < 4.78 is 43.7. The first-order valence-electron chi connectivity index (χ1n) is 7.04. The number of nitrogen functional groups attached to an aromatic ring is 2. The lowest BCUT2D eigenvalue weighted by Gasteiger charge is -2.23. The van der Waals surface area contributed by atoms with E-state index in [1.807, 2.05) is 0 Å². The van der Waals surface area contributed by atoms with Crippen molar-refractivity contribution in [2.45, 2.75) is 12.7 Å². The Balaban J connectivity index is 2.06. The molecule has 0 atom stereocenters. The van der Waals surface area contributed by atoms with Gasteiger partial charge in [0, 0.05) is 16.0 Å². The summed E-state index contributed by atoms with van der Waals surface area (Å²) in [4.78, 5) is 12.9. The molecule has 0 saturated carbocycles. The fourth-order valence-corrected chi connectivity index (χ4v) is 2.96. The number of carbonyl (C=O) groups excluding carboxylic acids is 1. The van der Waals surface area contributed by atoms with Gasteiger partial charge in [-0.25, -0.2) is 0 Å². The molecule has 10 heteroatoms. The molecule has 0 aliphatic carbocycles. The maximum Gasteiger partial charge on any atom is 0.471 e. The Kier molecular flexibility index (Phi) is 6.02. The Morgan fingerprint density at radius 2 is 2.04 bits per heavy atom. The van der Waals surface area contributed by atoms with Gasteiger partial charge in [-0.3, -0.25) is 4.79 Å². The third-order valence-corrected chi connectivity index (χ3v) is 4.29. The van der Waals surface area contributed by atoms with Crippen molar-refractivity contribution in [2.75, 3.05) is 24.6 Å². The van der Waals surface area contributed by atoms with Gasteiger partial charge in [-0.2, -0.15) is 13.2 Å². The van der Waals surface area contributed by atoms with Crippen LogP contribution in [0.1, 0.15) is 4.88 Å². The third kappa shape index (κ3) is 5.17. The molecule has 1 amide bonds. The van der Waals surface area contributed by atoms with E-state index in [1.54, 1.807) is 17.5 Å². The normalized spacial score (nSPS) is 11.4. The molecule has 0 fully saturated rings. The summed E-state index contributed by atoms with van der Waals surface area (Å²) in [5.74, 6) is -1.77. The number of thiophene rings is 1. The molecule has 0 spiro atoms. The number of amides is 1. The zero-order valence-electron chi connectivity index (χ0n) is 12.8. The quantitative estimate of drug-likeness (QED) is 0.735. The number of carbonyl (C=O) groups is 1. The van der Waals surface area contributed by atoms with Gasteiger partial charge in [0.15, 0.2) is 0 Å². The highest BCUT2D eigenvalue weighted by molar-refractivity contribution is 7.09. The summed E-state index contributed by atoms with van der Waals surface area (Å²) in [7, 11) is 0. The van der Waals surface area contributed by atoms with Gasteiger partial charge < -0.3 is 21.1 Å². The molecule has 2 rings (SSSR count). The number of ether oxygens (including phenoxy) is 1. The van der Waals surface area contributed by atoms with Gasteiger partial charge in [0.05, 0.1) is 24.5 Å². The molecule has 0 unspecified atom stereocenters. The van der Waals surface area contributed by atoms with Crippen molar-refractivity contribution in [3.63, 3.8) is 0 Å². The van der Waals surface area contributed by atoms with Gasteiger partial charge in [-0.15, -0.1) is 11.3 Å². The fourth-order valence-electron chi connectivity index (χ4n) is 2.02. The van der Waals surface area contributed by atoms with E-state index in [4.69, 9.17) is 27.8 Å². The Labute approximate surface area is 150 Å². The highest BCUT2D eigenvalue weighted by atomic mass is 35.5. The van der Waals surface area contributed by atoms with Gasteiger partial charge >= 0.3 is 12.1 Å². The summed E-state index contributed by atoms with van der Waals surface area (Å²) in [6.45, 7) is -0.633. The summed E-state index contributed by atoms with van der Waals surface area (Å²) in [5, 5.41) is 2.00. The SMILES string of the molecule is Nc1cc(Cl)cc(OCCN(Cc2cccs2)C(=O)C(F)(F)F)c1N. The summed E-state index contributed by atoms with van der Waals surface area (Å²) >= 11 is 7.10. The molecule has 0 bridgehead atoms. The molecular formula is C15H15ClF3N3O2S. The van der Waals surface area contributed by atoms with E-state index in [1.165, 1.54) is 23.5 Å². The second-order valence-electron chi connectivity index (χ2n) is 5.06. The molecule has 5 nitrogen and oxygen atoms in total. The second kappa shape index (κ2) is 7.83. The molecule has 1 aromatic carbocycles. The van der Waals surface area contributed by atoms with Crippen LogP contribution >= 0.6 is 22.9 Å². The molecule has 2 aromatic rings. The van der Waals surface area contributed by atoms with E-state index in [9.17, 15) is 18.0 Å². The topological polar surface area (TPSA) is 81.6 Å². The maximum atomic E-state index is 12.8. The highest BCUT2D eigenvalue weighted by Gasteiger charge is 2.42. The van der Waals surface area contributed by atoms with Crippen LogP contribution in [0.4, 0.5) is 24.5 Å². The van der Waals surface area contributed by atoms with Crippen LogP contribution < -0.4 is 16.2 Å². The van der Waals surface area contributed by atoms with E-state index in [-0.39, 0.29) is 41.8 Å². The number of halogens is 4. The zero-order valence-corrected chi connectivity index (χ0v) is 14.4. The van der Waals surface area contributed by atoms with Crippen molar-refractivity contribution in [2.24, 2.45) is 0 Å². The van der Waals surface area contributed by atoms with Crippen LogP contribution in [0, 0.1) is 0 Å². The molecule has 1 heterocycles. The fraction of sp³-hybridized carbons (Fsp3) is 0.267. The number of anilines is 2. The minimum atomic E-state index is -4.96. The van der Waals surface area contributed by atoms with Crippen molar-refractivity contribution in [3.8, 4) is 5.75 Å². The summed E-state index contributed by atoms with van der Waals surface area (Å²) in [6.07, 6.45) is -4.96. The van der Waals surface area contributed by atoms with E-state index in [2.05, 4.69) is 0 Å². The first kappa shape index (κ1) is 19.2. The number of benzene rings is 1. The minimum absolute atomic E-state index is 0.136. The molecule has 0 saturated heterocycles. The van der Waals surface area contributed by atoms with E-state index in [0.717, 1.165) is 0 Å². The van der Waals surface area contributed by atoms with Crippen LogP contribution in [0.2, 0.25) is 5.02 Å². The minimum Gasteiger partial charge on any atom is -0.489 e. The van der Waals surface area contributed by atoms with Gasteiger partial charge in [0.1, 0.15) is 12.4 Å². The lowest BCUT2D eigenvalue weighted by molar-refractivity contribution is -0.186. The lowest BCUT2D eigenvalue weighted by atomic mass is 10.2. The summed E-state index contributed by atoms with van der Waals surface area (Å²) in [6, 6.07) is 6.18. The first-order valence-corrected chi connectivity index (χ1v) is 8.30. The zero-order chi connectivity index (χ0) is 18.6. The van der Waals surface area contributed by atoms with Gasteiger partial charge in [0.2, 0.25) is 0 Å². The van der Waals surface area contributed by atoms with Crippen molar-refractivity contribution in [1.29, 1.82) is 0 Å². The highest BCUT2D eigenvalue weighted by Crippen LogP contribution is 2.31. The first-order chi connectivity index (χ1) is 11.7. The largest absolute Gasteiger partial charge is 0.489 e. The van der Waals surface area contributed by atoms with E-state index < -0.39 is 12.1 Å². The molecule has 0 radical (unpaired) electrons. The van der Waals surface area contributed by atoms with Gasteiger partial charge in [-0.1, -0.05) is 17.7 Å². The second-order valence-corrected chi connectivity index (χ2v) is 6.53. The molecular weight excluding hydrogens is 379 g/mol. The number of hydrogen-bond acceptors (Lipinski definition) is 5. The molecule has 136 valence electrons. The number of alkyl halides is 3. The van der Waals surface area contributed by atoms with Crippen molar-refractivity contribution in [3.05, 3.63) is 39.5 Å². The molecule has 1 aromatic heterocycles. The van der Waals surface area contributed by atoms with Crippen molar-refractivity contribution in [1.82, 2.24) is 4.90 Å². The van der Waals surface area contributed by atoms with Crippen LogP contribution in [0.5, 0.6) is 5.75 Å². The number of hydrogen-bond donors (Lipinski definition) is 2. The summed E-state index contributed by atoms with van der Waals surface area (Å²) in [5.41, 5.74) is 11.7. The Morgan fingerprint density at radius 3 is 2.64 bits per heavy atom. The monoisotopic (exact) mass is 393 g/mol. The van der Waals surface area contributed by atoms with Gasteiger partial charge in [-0.05, 0) is 17.5 Å². The van der Waals surface area contributed by atoms with Gasteiger partial charge in [0.25, 0.3) is 0 Å². The van der Waals surface area contributed by atoms with Crippen LogP contribution in [0.25, 0.3) is 0 Å². The predicted molar refractivity (Wildman–Crippen MR) is 91.6 cm³/mol. The predicted octanol–water partition coefficient (Wildman–Crippen LogP) is 3.54. The van der Waals surface area contributed by atoms with E-state index in [0.29, 0.717) is 9.78 Å². The number of nitrogens with zero attached hydrogens (tertiary/aromatic N) is 1. The van der Waals surface area contributed by atoms with Crippen LogP contribution in [0.3, 0.4) is 0 Å². The van der Waals surface area contributed by atoms with Crippen LogP contribution in [-0.2, 0) is 11.3 Å².